The molecule has 3 heterocycles. The maximum Gasteiger partial charge on any atom is 0.140 e. The molecule has 2 aromatic heterocycles. The van der Waals surface area contributed by atoms with Crippen molar-refractivity contribution >= 4 is 27.6 Å². The normalized spacial score (nSPS) is 15.8. The third kappa shape index (κ3) is 2.70. The van der Waals surface area contributed by atoms with Crippen molar-refractivity contribution in [3.05, 3.63) is 54.7 Å². The number of para-hydroxylation sites is 1. The highest BCUT2D eigenvalue weighted by molar-refractivity contribution is 5.86. The molecule has 1 saturated heterocycles. The van der Waals surface area contributed by atoms with Crippen molar-refractivity contribution in [3.63, 3.8) is 0 Å². The van der Waals surface area contributed by atoms with Crippen LogP contribution in [0.4, 0.5) is 5.69 Å². The first-order valence-electron chi connectivity index (χ1n) is 9.05. The SMILES string of the molecule is CN1CCN(c2ccc3nc(-c4cnc5ccccc5c4)[nH]c3c2)CC1. The highest BCUT2D eigenvalue weighted by Gasteiger charge is 2.15. The first-order chi connectivity index (χ1) is 12.8. The van der Waals surface area contributed by atoms with Crippen molar-refractivity contribution < 1.29 is 0 Å². The number of hydrogen-bond donors (Lipinski definition) is 1. The molecule has 0 aliphatic carbocycles. The van der Waals surface area contributed by atoms with Crippen LogP contribution in [-0.2, 0) is 0 Å². The van der Waals surface area contributed by atoms with Crippen molar-refractivity contribution in [2.45, 2.75) is 0 Å². The lowest BCUT2D eigenvalue weighted by molar-refractivity contribution is 0.313. The molecule has 0 amide bonds. The fraction of sp³-hybridized carbons (Fsp3) is 0.238. The molecule has 0 atom stereocenters. The van der Waals surface area contributed by atoms with Gasteiger partial charge >= 0.3 is 0 Å². The van der Waals surface area contributed by atoms with Gasteiger partial charge in [0.25, 0.3) is 0 Å². The first kappa shape index (κ1) is 15.3. The minimum absolute atomic E-state index is 0.869. The van der Waals surface area contributed by atoms with E-state index in [4.69, 9.17) is 4.98 Å². The van der Waals surface area contributed by atoms with Crippen molar-refractivity contribution in [1.29, 1.82) is 0 Å². The Balaban J connectivity index is 1.50. The smallest absolute Gasteiger partial charge is 0.140 e. The van der Waals surface area contributed by atoms with Crippen LogP contribution in [0.25, 0.3) is 33.3 Å². The quantitative estimate of drug-likeness (QED) is 0.605. The Hall–Kier alpha value is -2.92. The summed E-state index contributed by atoms with van der Waals surface area (Å²) in [5, 5.41) is 1.13. The third-order valence-electron chi connectivity index (χ3n) is 5.20. The largest absolute Gasteiger partial charge is 0.369 e. The van der Waals surface area contributed by atoms with Gasteiger partial charge in [-0.2, -0.15) is 0 Å². The van der Waals surface area contributed by atoms with Gasteiger partial charge in [-0.1, -0.05) is 18.2 Å². The van der Waals surface area contributed by atoms with Gasteiger partial charge in [0.2, 0.25) is 0 Å². The molecule has 5 rings (SSSR count). The number of piperazine rings is 1. The Labute approximate surface area is 152 Å². The predicted molar refractivity (Wildman–Crippen MR) is 107 cm³/mol. The lowest BCUT2D eigenvalue weighted by Crippen LogP contribution is -2.44. The molecule has 130 valence electrons. The van der Waals surface area contributed by atoms with Crippen LogP contribution in [-0.4, -0.2) is 53.1 Å². The molecule has 1 aliphatic heterocycles. The van der Waals surface area contributed by atoms with Gasteiger partial charge in [0.05, 0.1) is 16.6 Å². The van der Waals surface area contributed by atoms with Crippen LogP contribution in [0.5, 0.6) is 0 Å². The first-order valence-corrected chi connectivity index (χ1v) is 9.05. The maximum atomic E-state index is 4.77. The molecule has 0 spiro atoms. The van der Waals surface area contributed by atoms with Gasteiger partial charge in [-0.3, -0.25) is 4.98 Å². The maximum absolute atomic E-state index is 4.77. The molecular formula is C21H21N5. The molecule has 0 radical (unpaired) electrons. The van der Waals surface area contributed by atoms with E-state index in [1.54, 1.807) is 0 Å². The van der Waals surface area contributed by atoms with E-state index in [1.807, 2.05) is 24.4 Å². The van der Waals surface area contributed by atoms with E-state index >= 15 is 0 Å². The fourth-order valence-electron chi connectivity index (χ4n) is 3.60. The molecule has 0 saturated carbocycles. The lowest BCUT2D eigenvalue weighted by Gasteiger charge is -2.34. The fourth-order valence-corrected chi connectivity index (χ4v) is 3.60. The van der Waals surface area contributed by atoms with E-state index in [0.29, 0.717) is 0 Å². The molecule has 1 fully saturated rings. The average molecular weight is 343 g/mol. The second-order valence-corrected chi connectivity index (χ2v) is 6.99. The minimum atomic E-state index is 0.869. The van der Waals surface area contributed by atoms with Crippen LogP contribution in [0.3, 0.4) is 0 Å². The van der Waals surface area contributed by atoms with Gasteiger partial charge in [-0.15, -0.1) is 0 Å². The van der Waals surface area contributed by atoms with Gasteiger partial charge in [0.1, 0.15) is 5.82 Å². The zero-order valence-corrected chi connectivity index (χ0v) is 14.8. The molecule has 26 heavy (non-hydrogen) atoms. The predicted octanol–water partition coefficient (Wildman–Crippen LogP) is 3.53. The van der Waals surface area contributed by atoms with Crippen LogP contribution in [0, 0.1) is 0 Å². The standard InChI is InChI=1S/C21H21N5/c1-25-8-10-26(11-9-25)17-6-7-19-20(13-17)24-21(23-19)16-12-15-4-2-3-5-18(15)22-14-16/h2-7,12-14H,8-11H2,1H3,(H,23,24). The Bertz CT molecular complexity index is 1080. The van der Waals surface area contributed by atoms with Crippen molar-refractivity contribution in [1.82, 2.24) is 19.9 Å². The van der Waals surface area contributed by atoms with Gasteiger partial charge in [0, 0.05) is 49.0 Å². The van der Waals surface area contributed by atoms with Crippen LogP contribution < -0.4 is 4.90 Å². The molecule has 0 bridgehead atoms. The number of rotatable bonds is 2. The number of aromatic amines is 1. The highest BCUT2D eigenvalue weighted by Crippen LogP contribution is 2.26. The Kier molecular flexibility index (Phi) is 3.60. The van der Waals surface area contributed by atoms with E-state index in [9.17, 15) is 0 Å². The topological polar surface area (TPSA) is 48.1 Å². The van der Waals surface area contributed by atoms with Gasteiger partial charge in [-0.25, -0.2) is 4.98 Å². The Morgan fingerprint density at radius 3 is 2.65 bits per heavy atom. The van der Waals surface area contributed by atoms with Gasteiger partial charge < -0.3 is 14.8 Å². The minimum Gasteiger partial charge on any atom is -0.369 e. The lowest BCUT2D eigenvalue weighted by atomic mass is 10.1. The Morgan fingerprint density at radius 2 is 1.77 bits per heavy atom. The van der Waals surface area contributed by atoms with Crippen molar-refractivity contribution in [3.8, 4) is 11.4 Å². The average Bonchev–Trinajstić information content (AvgIpc) is 3.11. The summed E-state index contributed by atoms with van der Waals surface area (Å²) in [6, 6.07) is 16.8. The summed E-state index contributed by atoms with van der Waals surface area (Å²) < 4.78 is 0. The van der Waals surface area contributed by atoms with Gasteiger partial charge in [-0.05, 0) is 37.4 Å². The number of H-pyrrole nitrogens is 1. The van der Waals surface area contributed by atoms with Crippen molar-refractivity contribution in [2.75, 3.05) is 38.1 Å². The number of nitrogens with one attached hydrogen (secondary N) is 1. The Morgan fingerprint density at radius 1 is 0.923 bits per heavy atom. The van der Waals surface area contributed by atoms with Crippen LogP contribution >= 0.6 is 0 Å². The summed E-state index contributed by atoms with van der Waals surface area (Å²) in [5.74, 6) is 0.869. The molecule has 4 aromatic rings. The monoisotopic (exact) mass is 343 g/mol. The molecular weight excluding hydrogens is 322 g/mol. The molecule has 0 unspecified atom stereocenters. The second-order valence-electron chi connectivity index (χ2n) is 6.99. The number of likely N-dealkylation sites (N-methyl/N-ethyl adjacent to an activating group) is 1. The molecule has 5 heteroatoms. The van der Waals surface area contributed by atoms with Gasteiger partial charge in [0.15, 0.2) is 0 Å². The van der Waals surface area contributed by atoms with E-state index in [-0.39, 0.29) is 0 Å². The number of aromatic nitrogens is 3. The second kappa shape index (κ2) is 6.11. The summed E-state index contributed by atoms with van der Waals surface area (Å²) in [5.41, 5.74) is 5.35. The highest BCUT2D eigenvalue weighted by atomic mass is 15.2. The number of pyridine rings is 1. The molecule has 2 aromatic carbocycles. The van der Waals surface area contributed by atoms with Crippen LogP contribution in [0.15, 0.2) is 54.7 Å². The molecule has 5 nitrogen and oxygen atoms in total. The number of anilines is 1. The zero-order valence-electron chi connectivity index (χ0n) is 14.8. The summed E-state index contributed by atoms with van der Waals surface area (Å²) >= 11 is 0. The molecule has 1 N–H and O–H groups in total. The third-order valence-corrected chi connectivity index (χ3v) is 5.20. The van der Waals surface area contributed by atoms with Crippen molar-refractivity contribution in [2.24, 2.45) is 0 Å². The van der Waals surface area contributed by atoms with E-state index in [0.717, 1.165) is 59.5 Å². The summed E-state index contributed by atoms with van der Waals surface area (Å²) in [6.45, 7) is 4.35. The summed E-state index contributed by atoms with van der Waals surface area (Å²) in [4.78, 5) is 17.6. The van der Waals surface area contributed by atoms with E-state index in [1.165, 1.54) is 5.69 Å². The van der Waals surface area contributed by atoms with E-state index < -0.39 is 0 Å². The number of imidazole rings is 1. The van der Waals surface area contributed by atoms with Crippen LogP contribution in [0.2, 0.25) is 0 Å². The number of nitrogens with zero attached hydrogens (tertiary/aromatic N) is 4. The van der Waals surface area contributed by atoms with Crippen LogP contribution in [0.1, 0.15) is 0 Å². The summed E-state index contributed by atoms with van der Waals surface area (Å²) in [7, 11) is 2.18. The zero-order chi connectivity index (χ0) is 17.5. The number of hydrogen-bond acceptors (Lipinski definition) is 4. The number of benzene rings is 2. The number of fused-ring (bicyclic) bond motifs is 2. The molecule has 1 aliphatic rings. The summed E-state index contributed by atoms with van der Waals surface area (Å²) in [6.07, 6.45) is 1.89. The van der Waals surface area contributed by atoms with E-state index in [2.05, 4.69) is 57.1 Å².